The largest absolute Gasteiger partial charge is 0.494 e. The summed E-state index contributed by atoms with van der Waals surface area (Å²) in [6.45, 7) is 6.23. The van der Waals surface area contributed by atoms with Crippen LogP contribution in [0.2, 0.25) is 0 Å². The smallest absolute Gasteiger partial charge is 0.243 e. The monoisotopic (exact) mass is 437 g/mol. The third-order valence-corrected chi connectivity index (χ3v) is 8.09. The van der Waals surface area contributed by atoms with Gasteiger partial charge in [-0.2, -0.15) is 4.31 Å². The molecule has 1 heterocycles. The number of amides is 1. The van der Waals surface area contributed by atoms with Gasteiger partial charge >= 0.3 is 0 Å². The number of carbonyl (C=O) groups is 1. The Morgan fingerprint density at radius 1 is 1.07 bits per heavy atom. The summed E-state index contributed by atoms with van der Waals surface area (Å²) in [4.78, 5) is 15.1. The molecular formula is C22H35N3O4S. The highest BCUT2D eigenvalue weighted by molar-refractivity contribution is 7.89. The molecule has 30 heavy (non-hydrogen) atoms. The van der Waals surface area contributed by atoms with Crippen molar-refractivity contribution in [2.24, 2.45) is 0 Å². The van der Waals surface area contributed by atoms with Crippen LogP contribution in [-0.2, 0) is 14.8 Å². The molecule has 1 atom stereocenters. The summed E-state index contributed by atoms with van der Waals surface area (Å²) in [5.74, 6) is 0.722. The van der Waals surface area contributed by atoms with Crippen molar-refractivity contribution in [2.75, 3.05) is 32.8 Å². The Hall–Kier alpha value is -1.64. The molecule has 2 fully saturated rings. The Labute approximate surface area is 180 Å². The van der Waals surface area contributed by atoms with Gasteiger partial charge in [-0.15, -0.1) is 0 Å². The van der Waals surface area contributed by atoms with E-state index in [2.05, 4.69) is 10.2 Å². The lowest BCUT2D eigenvalue weighted by Crippen LogP contribution is -2.55. The number of ether oxygens (including phenoxy) is 1. The molecule has 0 unspecified atom stereocenters. The van der Waals surface area contributed by atoms with E-state index in [4.69, 9.17) is 4.74 Å². The molecule has 1 saturated carbocycles. The number of benzene rings is 1. The number of hydrogen-bond acceptors (Lipinski definition) is 5. The Morgan fingerprint density at radius 2 is 1.67 bits per heavy atom. The van der Waals surface area contributed by atoms with Gasteiger partial charge in [0.15, 0.2) is 0 Å². The second kappa shape index (κ2) is 10.6. The number of nitrogens with one attached hydrogen (secondary N) is 1. The van der Waals surface area contributed by atoms with E-state index < -0.39 is 10.0 Å². The van der Waals surface area contributed by atoms with E-state index in [9.17, 15) is 13.2 Å². The lowest BCUT2D eigenvalue weighted by Gasteiger charge is -2.37. The number of nitrogens with zero attached hydrogens (tertiary/aromatic N) is 2. The highest BCUT2D eigenvalue weighted by atomic mass is 32.2. The highest BCUT2D eigenvalue weighted by Crippen LogP contribution is 2.22. The van der Waals surface area contributed by atoms with Crippen molar-refractivity contribution in [3.63, 3.8) is 0 Å². The predicted molar refractivity (Wildman–Crippen MR) is 117 cm³/mol. The maximum Gasteiger partial charge on any atom is 0.243 e. The molecule has 1 aromatic rings. The summed E-state index contributed by atoms with van der Waals surface area (Å²) in [6.07, 6.45) is 7.00. The van der Waals surface area contributed by atoms with Crippen molar-refractivity contribution in [2.45, 2.75) is 69.4 Å². The first-order valence-electron chi connectivity index (χ1n) is 11.2. The van der Waals surface area contributed by atoms with Gasteiger partial charge in [0.05, 0.1) is 17.5 Å². The van der Waals surface area contributed by atoms with Crippen molar-refractivity contribution in [1.29, 1.82) is 0 Å². The van der Waals surface area contributed by atoms with Crippen LogP contribution in [0, 0.1) is 0 Å². The van der Waals surface area contributed by atoms with E-state index in [-0.39, 0.29) is 22.9 Å². The van der Waals surface area contributed by atoms with Gasteiger partial charge in [0.25, 0.3) is 0 Å². The number of piperazine rings is 1. The van der Waals surface area contributed by atoms with Gasteiger partial charge < -0.3 is 10.1 Å². The Balaban J connectivity index is 1.53. The van der Waals surface area contributed by atoms with Gasteiger partial charge in [-0.3, -0.25) is 9.69 Å². The van der Waals surface area contributed by atoms with Gasteiger partial charge in [-0.05, 0) is 51.0 Å². The number of sulfonamides is 1. The van der Waals surface area contributed by atoms with Crippen LogP contribution >= 0.6 is 0 Å². The molecular weight excluding hydrogens is 402 g/mol. The maximum atomic E-state index is 12.9. The molecule has 1 aliphatic heterocycles. The second-order valence-corrected chi connectivity index (χ2v) is 10.2. The fraction of sp³-hybridized carbons (Fsp3) is 0.682. The normalized spacial score (nSPS) is 21.0. The van der Waals surface area contributed by atoms with Gasteiger partial charge in [0, 0.05) is 32.2 Å². The fourth-order valence-electron chi connectivity index (χ4n) is 4.27. The molecule has 1 saturated heterocycles. The molecule has 3 rings (SSSR count). The van der Waals surface area contributed by atoms with Crippen LogP contribution in [0.25, 0.3) is 0 Å². The minimum atomic E-state index is -3.54. The molecule has 1 aliphatic carbocycles. The minimum absolute atomic E-state index is 0.0599. The maximum absolute atomic E-state index is 12.9. The lowest BCUT2D eigenvalue weighted by molar-refractivity contribution is -0.127. The lowest BCUT2D eigenvalue weighted by atomic mass is 10.1. The zero-order chi connectivity index (χ0) is 21.6. The van der Waals surface area contributed by atoms with Crippen LogP contribution in [0.1, 0.15) is 52.4 Å². The first-order valence-corrected chi connectivity index (χ1v) is 12.6. The average molecular weight is 438 g/mol. The third kappa shape index (κ3) is 5.74. The van der Waals surface area contributed by atoms with Crippen molar-refractivity contribution >= 4 is 15.9 Å². The molecule has 1 amide bonds. The first-order chi connectivity index (χ1) is 14.4. The van der Waals surface area contributed by atoms with Crippen LogP contribution in [0.15, 0.2) is 29.2 Å². The zero-order valence-electron chi connectivity index (χ0n) is 18.2. The minimum Gasteiger partial charge on any atom is -0.494 e. The molecule has 1 aromatic carbocycles. The highest BCUT2D eigenvalue weighted by Gasteiger charge is 2.32. The van der Waals surface area contributed by atoms with Crippen LogP contribution in [0.4, 0.5) is 0 Å². The Bertz CT molecular complexity index is 781. The molecule has 2 aliphatic rings. The van der Waals surface area contributed by atoms with E-state index in [1.165, 1.54) is 30.0 Å². The molecule has 0 spiro atoms. The standard InChI is InChI=1S/C22H35N3O4S/c1-3-29-20-10-12-21(13-11-20)30(27,28)25-16-14-24(15-17-25)18(2)22(26)23-19-8-6-4-5-7-9-19/h10-13,18-19H,3-9,14-17H2,1-2H3,(H,23,26)/t18-/m1/s1. The van der Waals surface area contributed by atoms with Crippen molar-refractivity contribution in [3.05, 3.63) is 24.3 Å². The predicted octanol–water partition coefficient (Wildman–Crippen LogP) is 2.62. The SMILES string of the molecule is CCOc1ccc(S(=O)(=O)N2CCN([C@H](C)C(=O)NC3CCCCCC3)CC2)cc1. The summed E-state index contributed by atoms with van der Waals surface area (Å²) < 4.78 is 32.8. The molecule has 7 nitrogen and oxygen atoms in total. The van der Waals surface area contributed by atoms with Crippen LogP contribution < -0.4 is 10.1 Å². The van der Waals surface area contributed by atoms with E-state index in [0.717, 1.165) is 12.8 Å². The topological polar surface area (TPSA) is 79.0 Å². The summed E-state index contributed by atoms with van der Waals surface area (Å²) >= 11 is 0. The molecule has 0 bridgehead atoms. The van der Waals surface area contributed by atoms with E-state index in [1.807, 2.05) is 13.8 Å². The quantitative estimate of drug-likeness (QED) is 0.664. The summed E-state index contributed by atoms with van der Waals surface area (Å²) in [6, 6.07) is 6.59. The van der Waals surface area contributed by atoms with Gasteiger partial charge in [-0.1, -0.05) is 25.7 Å². The summed E-state index contributed by atoms with van der Waals surface area (Å²) in [7, 11) is -3.54. The molecule has 0 aromatic heterocycles. The van der Waals surface area contributed by atoms with E-state index >= 15 is 0 Å². The molecule has 8 heteroatoms. The van der Waals surface area contributed by atoms with Crippen molar-refractivity contribution < 1.29 is 17.9 Å². The van der Waals surface area contributed by atoms with Gasteiger partial charge in [0.1, 0.15) is 5.75 Å². The number of carbonyl (C=O) groups excluding carboxylic acids is 1. The van der Waals surface area contributed by atoms with Crippen LogP contribution in [-0.4, -0.2) is 68.4 Å². The van der Waals surface area contributed by atoms with Crippen molar-refractivity contribution in [1.82, 2.24) is 14.5 Å². The summed E-state index contributed by atoms with van der Waals surface area (Å²) in [5.41, 5.74) is 0. The van der Waals surface area contributed by atoms with Crippen LogP contribution in [0.3, 0.4) is 0 Å². The van der Waals surface area contributed by atoms with Crippen molar-refractivity contribution in [3.8, 4) is 5.75 Å². The zero-order valence-corrected chi connectivity index (χ0v) is 19.0. The second-order valence-electron chi connectivity index (χ2n) is 8.22. The van der Waals surface area contributed by atoms with E-state index in [0.29, 0.717) is 38.5 Å². The van der Waals surface area contributed by atoms with Gasteiger partial charge in [-0.25, -0.2) is 8.42 Å². The molecule has 0 radical (unpaired) electrons. The Morgan fingerprint density at radius 3 is 2.23 bits per heavy atom. The van der Waals surface area contributed by atoms with Crippen LogP contribution in [0.5, 0.6) is 5.75 Å². The van der Waals surface area contributed by atoms with E-state index in [1.54, 1.807) is 24.3 Å². The first kappa shape index (κ1) is 23.0. The average Bonchev–Trinajstić information content (AvgIpc) is 3.02. The number of rotatable bonds is 7. The third-order valence-electron chi connectivity index (χ3n) is 6.17. The summed E-state index contributed by atoms with van der Waals surface area (Å²) in [5, 5.41) is 3.21. The molecule has 168 valence electrons. The Kier molecular flexibility index (Phi) is 8.13. The fourth-order valence-corrected chi connectivity index (χ4v) is 5.69. The molecule has 1 N–H and O–H groups in total. The number of hydrogen-bond donors (Lipinski definition) is 1. The van der Waals surface area contributed by atoms with Gasteiger partial charge in [0.2, 0.25) is 15.9 Å².